The van der Waals surface area contributed by atoms with Gasteiger partial charge in [-0.2, -0.15) is 24.3 Å². The van der Waals surface area contributed by atoms with Gasteiger partial charge >= 0.3 is 31.1 Å². The average molecular weight is 634 g/mol. The second-order valence-corrected chi connectivity index (χ2v) is 7.83. The third-order valence-corrected chi connectivity index (χ3v) is 6.04. The number of nitrogens with zero attached hydrogens (tertiary/aromatic N) is 1. The fourth-order valence-electron chi connectivity index (χ4n) is 4.34. The minimum Gasteiger partial charge on any atom is -0.428 e. The van der Waals surface area contributed by atoms with E-state index in [9.17, 15) is 0 Å². The second kappa shape index (κ2) is 10.4. The van der Waals surface area contributed by atoms with Crippen LogP contribution in [-0.2, 0) is 13.1 Å². The van der Waals surface area contributed by atoms with Crippen LogP contribution in [0.2, 0.25) is 5.02 Å². The van der Waals surface area contributed by atoms with Crippen LogP contribution in [0.3, 0.4) is 0 Å². The quantitative estimate of drug-likeness (QED) is 0.439. The number of nitrogens with one attached hydrogen (secondary N) is 2. The Labute approximate surface area is 202 Å². The third kappa shape index (κ3) is 5.03. The summed E-state index contributed by atoms with van der Waals surface area (Å²) in [6, 6.07) is 18.3. The Morgan fingerprint density at radius 1 is 1.14 bits per heavy atom. The number of hydrogen-bond donors (Lipinski definition) is 3. The van der Waals surface area contributed by atoms with Crippen LogP contribution in [-0.4, -0.2) is 22.7 Å². The molecule has 6 heteroatoms. The molecule has 2 aromatic carbocycles. The number of aliphatic hydroxyl groups is 1. The molecule has 29 heavy (non-hydrogen) atoms. The first kappa shape index (κ1) is 22.7. The van der Waals surface area contributed by atoms with Gasteiger partial charge in [0.25, 0.3) is 0 Å². The number of allylic oxidation sites excluding steroid dienone is 1. The van der Waals surface area contributed by atoms with Gasteiger partial charge < -0.3 is 27.6 Å². The van der Waals surface area contributed by atoms with E-state index in [1.807, 2.05) is 24.3 Å². The van der Waals surface area contributed by atoms with Crippen LogP contribution < -0.4 is 10.6 Å². The van der Waals surface area contributed by atoms with Crippen molar-refractivity contribution in [3.8, 4) is 0 Å². The van der Waals surface area contributed by atoms with E-state index >= 15 is 0 Å². The molecule has 3 N–H and O–H groups in total. The molecule has 2 unspecified atom stereocenters. The maximum atomic E-state index is 7.46. The van der Waals surface area contributed by atoms with Crippen LogP contribution >= 0.6 is 11.6 Å². The Kier molecular flexibility index (Phi) is 8.13. The number of fused-ring (bicyclic) bond motifs is 1. The molecule has 150 valence electrons. The van der Waals surface area contributed by atoms with Crippen molar-refractivity contribution in [3.05, 3.63) is 88.6 Å². The Balaban J connectivity index is 0.000000568. The number of hydrogen-bond acceptors (Lipinski definition) is 4. The van der Waals surface area contributed by atoms with Crippen LogP contribution in [0.5, 0.6) is 0 Å². The van der Waals surface area contributed by atoms with Crippen LogP contribution in [0.25, 0.3) is 0 Å². The van der Waals surface area contributed by atoms with Crippen molar-refractivity contribution in [2.45, 2.75) is 44.6 Å². The summed E-state index contributed by atoms with van der Waals surface area (Å²) < 4.78 is 0. The number of benzene rings is 2. The molecule has 0 fully saturated rings. The number of halogens is 1. The minimum absolute atomic E-state index is 0. The average Bonchev–Trinajstić information content (AvgIpc) is 3.32. The van der Waals surface area contributed by atoms with Crippen LogP contribution in [0.1, 0.15) is 42.1 Å². The fourth-order valence-corrected chi connectivity index (χ4v) is 4.58. The summed E-state index contributed by atoms with van der Waals surface area (Å²) in [4.78, 5) is 2.62. The van der Waals surface area contributed by atoms with Crippen molar-refractivity contribution in [1.29, 1.82) is 0 Å². The molecule has 4 nitrogen and oxygen atoms in total. The van der Waals surface area contributed by atoms with E-state index < -0.39 is 0 Å². The molecule has 0 bridgehead atoms. The van der Waals surface area contributed by atoms with Gasteiger partial charge in [-0.15, -0.1) is 11.1 Å². The van der Waals surface area contributed by atoms with Gasteiger partial charge in [0.15, 0.2) is 0 Å². The predicted molar refractivity (Wildman–Crippen MR) is 112 cm³/mol. The number of rotatable bonds is 2. The van der Waals surface area contributed by atoms with Gasteiger partial charge in [0, 0.05) is 41.0 Å². The van der Waals surface area contributed by atoms with Gasteiger partial charge in [-0.1, -0.05) is 36.4 Å². The molecule has 0 aromatic heterocycles. The maximum Gasteiger partial charge on any atom is 2.00 e. The van der Waals surface area contributed by atoms with Crippen molar-refractivity contribution >= 4 is 11.6 Å². The Hall–Kier alpha value is -0.958. The first-order valence-electron chi connectivity index (χ1n) is 9.81. The topological polar surface area (TPSA) is 47.5 Å². The van der Waals surface area contributed by atoms with E-state index in [-0.39, 0.29) is 43.9 Å². The maximum absolute atomic E-state index is 7.46. The van der Waals surface area contributed by atoms with Gasteiger partial charge in [-0.3, -0.25) is 0 Å². The molecule has 2 aliphatic heterocycles. The summed E-state index contributed by atoms with van der Waals surface area (Å²) in [7, 11) is 0. The van der Waals surface area contributed by atoms with Crippen molar-refractivity contribution in [2.75, 3.05) is 6.61 Å². The third-order valence-electron chi connectivity index (χ3n) is 5.70. The summed E-state index contributed by atoms with van der Waals surface area (Å²) in [6.07, 6.45) is 3.50. The van der Waals surface area contributed by atoms with Crippen LogP contribution in [0, 0.1) is 44.1 Å². The summed E-state index contributed by atoms with van der Waals surface area (Å²) in [5.74, 6) is 0. The standard InChI is InChI=1S/C21H21ClN3.C2H5O.U/c22-18-8-4-3-7-17(18)21-23-19-10-9-16(11-20(19)24-21)25-12-14-5-1-2-6-15(14)13-25;1-2-3;/h1,3-8,16,21,23-24H,9-13H2;3H,1-2H2;/q2*-1;+2. The zero-order valence-electron chi connectivity index (χ0n) is 16.4. The molecule has 0 amide bonds. The van der Waals surface area contributed by atoms with E-state index in [0.717, 1.165) is 36.5 Å². The largest absolute Gasteiger partial charge is 2.00 e. The Morgan fingerprint density at radius 2 is 1.86 bits per heavy atom. The van der Waals surface area contributed by atoms with Gasteiger partial charge in [0.2, 0.25) is 0 Å². The molecule has 5 rings (SSSR count). The molecular formula is C23H26ClN3OU. The van der Waals surface area contributed by atoms with E-state index in [2.05, 4.69) is 46.7 Å². The smallest absolute Gasteiger partial charge is 0.428 e. The Bertz CT molecular complexity index is 848. The van der Waals surface area contributed by atoms with E-state index in [1.54, 1.807) is 0 Å². The molecule has 3 aliphatic rings. The minimum atomic E-state index is 0. The number of aliphatic hydroxyl groups excluding tert-OH is 1. The van der Waals surface area contributed by atoms with Crippen LogP contribution in [0.4, 0.5) is 0 Å². The molecule has 0 saturated carbocycles. The molecular weight excluding hydrogens is 608 g/mol. The van der Waals surface area contributed by atoms with Gasteiger partial charge in [-0.05, 0) is 25.5 Å². The van der Waals surface area contributed by atoms with Gasteiger partial charge in [0.05, 0.1) is 0 Å². The normalized spacial score (nSPS) is 22.4. The summed E-state index contributed by atoms with van der Waals surface area (Å²) >= 11 is 6.38. The first-order chi connectivity index (χ1) is 13.7. The van der Waals surface area contributed by atoms with Gasteiger partial charge in [-0.25, -0.2) is 0 Å². The molecule has 2 atom stereocenters. The monoisotopic (exact) mass is 633 g/mol. The van der Waals surface area contributed by atoms with E-state index in [4.69, 9.17) is 16.7 Å². The summed E-state index contributed by atoms with van der Waals surface area (Å²) in [5.41, 5.74) is 6.76. The summed E-state index contributed by atoms with van der Waals surface area (Å²) in [6.45, 7) is 5.17. The zero-order valence-corrected chi connectivity index (χ0v) is 21.3. The SMILES string of the molecule is Clc1ccccc1C1NC2=C(CC(N3Cc4c[c-]ccc4C3)CC2)N1.[CH2-]CO.[U+2]. The van der Waals surface area contributed by atoms with Crippen molar-refractivity contribution < 1.29 is 36.2 Å². The summed E-state index contributed by atoms with van der Waals surface area (Å²) in [5, 5.41) is 15.6. The molecule has 1 aliphatic carbocycles. The molecule has 0 spiro atoms. The second-order valence-electron chi connectivity index (χ2n) is 7.42. The Morgan fingerprint density at radius 3 is 2.62 bits per heavy atom. The molecule has 2 heterocycles. The van der Waals surface area contributed by atoms with Crippen molar-refractivity contribution in [2.24, 2.45) is 0 Å². The first-order valence-corrected chi connectivity index (χ1v) is 10.2. The predicted octanol–water partition coefficient (Wildman–Crippen LogP) is 3.92. The van der Waals surface area contributed by atoms with E-state index in [0.29, 0.717) is 6.04 Å². The van der Waals surface area contributed by atoms with Crippen molar-refractivity contribution in [1.82, 2.24) is 15.5 Å². The van der Waals surface area contributed by atoms with Crippen molar-refractivity contribution in [3.63, 3.8) is 0 Å². The van der Waals surface area contributed by atoms with Crippen LogP contribution in [0.15, 0.2) is 53.9 Å². The van der Waals surface area contributed by atoms with E-state index in [1.165, 1.54) is 28.9 Å². The molecule has 2 aromatic rings. The molecule has 0 saturated heterocycles. The molecule has 0 radical (unpaired) electrons. The fraction of sp³-hybridized carbons (Fsp3) is 0.348. The van der Waals surface area contributed by atoms with Gasteiger partial charge in [0.1, 0.15) is 6.17 Å². The zero-order chi connectivity index (χ0) is 19.5.